The molecule has 6 heteroatoms. The lowest BCUT2D eigenvalue weighted by atomic mass is 10.3. The molecule has 0 aliphatic carbocycles. The number of nitrogens with one attached hydrogen (secondary N) is 1. The molecule has 0 fully saturated rings. The number of nitrogens with zero attached hydrogens (tertiary/aromatic N) is 1. The van der Waals surface area contributed by atoms with Crippen LogP contribution in [0.5, 0.6) is 0 Å². The van der Waals surface area contributed by atoms with Crippen molar-refractivity contribution in [3.8, 4) is 0 Å². The monoisotopic (exact) mass is 219 g/mol. The van der Waals surface area contributed by atoms with E-state index in [1.165, 1.54) is 11.3 Å². The van der Waals surface area contributed by atoms with Gasteiger partial charge in [-0.1, -0.05) is 11.6 Å². The second kappa shape index (κ2) is 5.04. The third kappa shape index (κ3) is 4.10. The van der Waals surface area contributed by atoms with Gasteiger partial charge in [0.05, 0.1) is 0 Å². The molecule has 4 nitrogen and oxygen atoms in total. The van der Waals surface area contributed by atoms with Gasteiger partial charge in [-0.25, -0.2) is 4.98 Å². The molecule has 0 bridgehead atoms. The van der Waals surface area contributed by atoms with Crippen molar-refractivity contribution in [3.05, 3.63) is 10.5 Å². The zero-order valence-electron chi connectivity index (χ0n) is 6.92. The van der Waals surface area contributed by atoms with Crippen molar-refractivity contribution in [2.45, 2.75) is 12.8 Å². The van der Waals surface area contributed by atoms with Gasteiger partial charge in [0.1, 0.15) is 5.15 Å². The second-order valence-corrected chi connectivity index (χ2v) is 3.72. The van der Waals surface area contributed by atoms with Crippen LogP contribution in [0.25, 0.3) is 0 Å². The van der Waals surface area contributed by atoms with E-state index >= 15 is 0 Å². The highest BCUT2D eigenvalue weighted by Gasteiger charge is 1.98. The summed E-state index contributed by atoms with van der Waals surface area (Å²) in [6, 6.07) is 0. The summed E-state index contributed by atoms with van der Waals surface area (Å²) in [5.74, 6) is -0.279. The third-order valence-corrected chi connectivity index (χ3v) is 2.48. The van der Waals surface area contributed by atoms with Crippen LogP contribution < -0.4 is 11.1 Å². The van der Waals surface area contributed by atoms with Crippen LogP contribution in [0.15, 0.2) is 5.38 Å². The number of carbonyl (C=O) groups excluding carboxylic acids is 1. The van der Waals surface area contributed by atoms with E-state index in [0.717, 1.165) is 5.13 Å². The van der Waals surface area contributed by atoms with Gasteiger partial charge in [-0.3, -0.25) is 4.79 Å². The zero-order chi connectivity index (χ0) is 9.68. The first kappa shape index (κ1) is 10.3. The maximum absolute atomic E-state index is 10.4. The highest BCUT2D eigenvalue weighted by atomic mass is 35.5. The van der Waals surface area contributed by atoms with E-state index in [0.29, 0.717) is 24.5 Å². The summed E-state index contributed by atoms with van der Waals surface area (Å²) in [6.45, 7) is 0.687. The molecule has 0 aliphatic rings. The minimum Gasteiger partial charge on any atom is -0.370 e. The number of aromatic nitrogens is 1. The Morgan fingerprint density at radius 2 is 2.54 bits per heavy atom. The predicted molar refractivity (Wildman–Crippen MR) is 54.0 cm³/mol. The Kier molecular flexibility index (Phi) is 3.98. The molecule has 72 valence electrons. The molecule has 0 unspecified atom stereocenters. The Morgan fingerprint density at radius 3 is 3.08 bits per heavy atom. The van der Waals surface area contributed by atoms with Gasteiger partial charge in [0.2, 0.25) is 5.91 Å². The average Bonchev–Trinajstić information content (AvgIpc) is 2.45. The molecular formula is C7H10ClN3OS. The van der Waals surface area contributed by atoms with Crippen molar-refractivity contribution in [3.63, 3.8) is 0 Å². The SMILES string of the molecule is NC(=O)CCCNc1nc(Cl)cs1. The number of hydrogen-bond donors (Lipinski definition) is 2. The fraction of sp³-hybridized carbons (Fsp3) is 0.429. The molecule has 1 heterocycles. The first-order chi connectivity index (χ1) is 6.18. The number of thiazole rings is 1. The van der Waals surface area contributed by atoms with Gasteiger partial charge in [0.15, 0.2) is 5.13 Å². The van der Waals surface area contributed by atoms with Crippen molar-refractivity contribution in [2.24, 2.45) is 5.73 Å². The minimum atomic E-state index is -0.279. The smallest absolute Gasteiger partial charge is 0.217 e. The van der Waals surface area contributed by atoms with Crippen LogP contribution in [0.2, 0.25) is 5.15 Å². The first-order valence-corrected chi connectivity index (χ1v) is 5.07. The molecule has 0 saturated carbocycles. The van der Waals surface area contributed by atoms with Crippen molar-refractivity contribution in [1.29, 1.82) is 0 Å². The number of primary amides is 1. The summed E-state index contributed by atoms with van der Waals surface area (Å²) in [6.07, 6.45) is 1.11. The van der Waals surface area contributed by atoms with Gasteiger partial charge in [-0.15, -0.1) is 11.3 Å². The molecule has 1 aromatic heterocycles. The molecule has 0 aromatic carbocycles. The minimum absolute atomic E-state index is 0.279. The van der Waals surface area contributed by atoms with Crippen molar-refractivity contribution < 1.29 is 4.79 Å². The Bertz CT molecular complexity index is 289. The Balaban J connectivity index is 2.16. The van der Waals surface area contributed by atoms with E-state index in [2.05, 4.69) is 10.3 Å². The van der Waals surface area contributed by atoms with Gasteiger partial charge in [-0.05, 0) is 6.42 Å². The third-order valence-electron chi connectivity index (χ3n) is 1.35. The number of nitrogens with two attached hydrogens (primary N) is 1. The number of carbonyl (C=O) groups is 1. The molecule has 3 N–H and O–H groups in total. The largest absolute Gasteiger partial charge is 0.370 e. The molecule has 0 radical (unpaired) electrons. The highest BCUT2D eigenvalue weighted by Crippen LogP contribution is 2.18. The van der Waals surface area contributed by atoms with Gasteiger partial charge < -0.3 is 11.1 Å². The van der Waals surface area contributed by atoms with Crippen LogP contribution in [-0.2, 0) is 4.79 Å². The van der Waals surface area contributed by atoms with E-state index in [1.54, 1.807) is 5.38 Å². The van der Waals surface area contributed by atoms with Gasteiger partial charge >= 0.3 is 0 Å². The molecule has 0 aliphatic heterocycles. The topological polar surface area (TPSA) is 68.0 Å². The summed E-state index contributed by atoms with van der Waals surface area (Å²) in [5.41, 5.74) is 4.98. The van der Waals surface area contributed by atoms with Crippen LogP contribution in [0.1, 0.15) is 12.8 Å². The molecular weight excluding hydrogens is 210 g/mol. The summed E-state index contributed by atoms with van der Waals surface area (Å²) in [7, 11) is 0. The number of amides is 1. The highest BCUT2D eigenvalue weighted by molar-refractivity contribution is 7.14. The maximum Gasteiger partial charge on any atom is 0.217 e. The van der Waals surface area contributed by atoms with Crippen molar-refractivity contribution in [2.75, 3.05) is 11.9 Å². The van der Waals surface area contributed by atoms with Gasteiger partial charge in [0, 0.05) is 18.3 Å². The van der Waals surface area contributed by atoms with Crippen LogP contribution in [0.4, 0.5) is 5.13 Å². The predicted octanol–water partition coefficient (Wildman–Crippen LogP) is 1.47. The van der Waals surface area contributed by atoms with E-state index in [1.807, 2.05) is 0 Å². The summed E-state index contributed by atoms with van der Waals surface area (Å²) in [4.78, 5) is 14.4. The molecule has 0 spiro atoms. The summed E-state index contributed by atoms with van der Waals surface area (Å²) >= 11 is 7.05. The van der Waals surface area contributed by atoms with Crippen molar-refractivity contribution >= 4 is 34.0 Å². The van der Waals surface area contributed by atoms with Crippen LogP contribution in [0, 0.1) is 0 Å². The normalized spacial score (nSPS) is 9.92. The maximum atomic E-state index is 10.4. The summed E-state index contributed by atoms with van der Waals surface area (Å²) < 4.78 is 0. The Labute approximate surface area is 85.1 Å². The lowest BCUT2D eigenvalue weighted by Gasteiger charge is -1.99. The van der Waals surface area contributed by atoms with E-state index in [9.17, 15) is 4.79 Å². The lowest BCUT2D eigenvalue weighted by molar-refractivity contribution is -0.118. The lowest BCUT2D eigenvalue weighted by Crippen LogP contribution is -2.12. The number of anilines is 1. The van der Waals surface area contributed by atoms with Crippen LogP contribution >= 0.6 is 22.9 Å². The Morgan fingerprint density at radius 1 is 1.77 bits per heavy atom. The van der Waals surface area contributed by atoms with Crippen molar-refractivity contribution in [1.82, 2.24) is 4.98 Å². The first-order valence-electron chi connectivity index (χ1n) is 3.81. The van der Waals surface area contributed by atoms with E-state index in [4.69, 9.17) is 17.3 Å². The fourth-order valence-electron chi connectivity index (χ4n) is 0.793. The van der Waals surface area contributed by atoms with Gasteiger partial charge in [0.25, 0.3) is 0 Å². The number of hydrogen-bond acceptors (Lipinski definition) is 4. The van der Waals surface area contributed by atoms with Gasteiger partial charge in [-0.2, -0.15) is 0 Å². The second-order valence-electron chi connectivity index (χ2n) is 2.47. The van der Waals surface area contributed by atoms with E-state index in [-0.39, 0.29) is 5.91 Å². The molecule has 0 atom stereocenters. The number of rotatable bonds is 5. The number of halogens is 1. The summed E-state index contributed by atoms with van der Waals surface area (Å²) in [5, 5.41) is 6.05. The Hall–Kier alpha value is -0.810. The molecule has 1 aromatic rings. The van der Waals surface area contributed by atoms with E-state index < -0.39 is 0 Å². The average molecular weight is 220 g/mol. The quantitative estimate of drug-likeness (QED) is 0.737. The standard InChI is InChI=1S/C7H10ClN3OS/c8-5-4-13-7(11-5)10-3-1-2-6(9)12/h4H,1-3H2,(H2,9,12)(H,10,11). The molecule has 1 rings (SSSR count). The van der Waals surface area contributed by atoms with Crippen LogP contribution in [0.3, 0.4) is 0 Å². The molecule has 13 heavy (non-hydrogen) atoms. The zero-order valence-corrected chi connectivity index (χ0v) is 8.49. The molecule has 1 amide bonds. The van der Waals surface area contributed by atoms with Crippen LogP contribution in [-0.4, -0.2) is 17.4 Å². The molecule has 0 saturated heterocycles. The fourth-order valence-corrected chi connectivity index (χ4v) is 1.66.